The van der Waals surface area contributed by atoms with Crippen molar-refractivity contribution >= 4 is 22.0 Å². The summed E-state index contributed by atoms with van der Waals surface area (Å²) in [6.45, 7) is 1.89. The molecular formula is C11H8N4O2S. The molecule has 6 nitrogen and oxygen atoms in total. The molecule has 18 heavy (non-hydrogen) atoms. The van der Waals surface area contributed by atoms with E-state index >= 15 is 0 Å². The Balaban J connectivity index is 2.19. The number of hydrogen-bond acceptors (Lipinski definition) is 5. The molecule has 0 N–H and O–H groups in total. The van der Waals surface area contributed by atoms with Crippen LogP contribution in [0.1, 0.15) is 5.01 Å². The lowest BCUT2D eigenvalue weighted by Crippen LogP contribution is -1.91. The fraction of sp³-hybridized carbons (Fsp3) is 0.0909. The van der Waals surface area contributed by atoms with Crippen molar-refractivity contribution in [3.8, 4) is 11.3 Å². The van der Waals surface area contributed by atoms with E-state index in [-0.39, 0.29) is 5.69 Å². The molecule has 2 aromatic heterocycles. The van der Waals surface area contributed by atoms with Gasteiger partial charge in [-0.3, -0.25) is 10.1 Å². The number of para-hydroxylation sites is 1. The van der Waals surface area contributed by atoms with Crippen LogP contribution >= 0.6 is 11.3 Å². The van der Waals surface area contributed by atoms with Crippen LogP contribution in [0.3, 0.4) is 0 Å². The molecule has 0 atom stereocenters. The molecule has 0 unspecified atom stereocenters. The Morgan fingerprint density at radius 1 is 1.39 bits per heavy atom. The highest BCUT2D eigenvalue weighted by Crippen LogP contribution is 2.29. The Kier molecular flexibility index (Phi) is 2.34. The second-order valence-corrected chi connectivity index (χ2v) is 4.91. The molecule has 0 spiro atoms. The van der Waals surface area contributed by atoms with E-state index in [4.69, 9.17) is 0 Å². The van der Waals surface area contributed by atoms with E-state index in [0.29, 0.717) is 11.3 Å². The van der Waals surface area contributed by atoms with Gasteiger partial charge in [-0.05, 0) is 13.0 Å². The smallest absolute Gasteiger partial charge is 0.258 e. The average Bonchev–Trinajstić information content (AvgIpc) is 2.85. The minimum absolute atomic E-state index is 0.0555. The topological polar surface area (TPSA) is 73.3 Å². The number of nitro groups is 1. The summed E-state index contributed by atoms with van der Waals surface area (Å²) in [5, 5.41) is 16.1. The maximum Gasteiger partial charge on any atom is 0.278 e. The molecule has 7 heteroatoms. The Morgan fingerprint density at radius 3 is 2.89 bits per heavy atom. The maximum absolute atomic E-state index is 11.0. The largest absolute Gasteiger partial charge is 0.278 e. The third kappa shape index (κ3) is 1.65. The number of aromatic nitrogens is 3. The number of benzene rings is 1. The van der Waals surface area contributed by atoms with Gasteiger partial charge in [0.1, 0.15) is 5.01 Å². The number of nitrogens with zero attached hydrogens (tertiary/aromatic N) is 4. The lowest BCUT2D eigenvalue weighted by atomic mass is 10.1. The van der Waals surface area contributed by atoms with Crippen LogP contribution in [-0.4, -0.2) is 19.5 Å². The number of imidazole rings is 1. The van der Waals surface area contributed by atoms with Gasteiger partial charge >= 0.3 is 0 Å². The lowest BCUT2D eigenvalue weighted by Gasteiger charge is -1.97. The van der Waals surface area contributed by atoms with Gasteiger partial charge in [0.25, 0.3) is 5.69 Å². The number of hydrogen-bond donors (Lipinski definition) is 0. The van der Waals surface area contributed by atoms with E-state index < -0.39 is 4.92 Å². The summed E-state index contributed by atoms with van der Waals surface area (Å²) in [6.07, 6.45) is 1.71. The second kappa shape index (κ2) is 3.88. The minimum atomic E-state index is -0.401. The van der Waals surface area contributed by atoms with E-state index in [2.05, 4.69) is 10.1 Å². The van der Waals surface area contributed by atoms with Crippen molar-refractivity contribution in [3.63, 3.8) is 0 Å². The van der Waals surface area contributed by atoms with Crippen molar-refractivity contribution in [2.75, 3.05) is 0 Å². The van der Waals surface area contributed by atoms with Gasteiger partial charge < -0.3 is 0 Å². The van der Waals surface area contributed by atoms with E-state index in [1.807, 2.05) is 6.92 Å². The van der Waals surface area contributed by atoms with Crippen LogP contribution in [-0.2, 0) is 0 Å². The first-order chi connectivity index (χ1) is 8.65. The number of fused-ring (bicyclic) bond motifs is 1. The molecule has 3 rings (SSSR count). The highest BCUT2D eigenvalue weighted by atomic mass is 32.1. The van der Waals surface area contributed by atoms with Crippen molar-refractivity contribution in [1.82, 2.24) is 14.6 Å². The first-order valence-corrected chi connectivity index (χ1v) is 6.03. The van der Waals surface area contributed by atoms with Gasteiger partial charge in [0, 0.05) is 6.07 Å². The SMILES string of the molecule is Cc1nn2cc(-c3ccccc3[N+](=O)[O-])nc2s1. The van der Waals surface area contributed by atoms with E-state index in [9.17, 15) is 10.1 Å². The summed E-state index contributed by atoms with van der Waals surface area (Å²) in [6, 6.07) is 6.57. The van der Waals surface area contributed by atoms with Crippen LogP contribution in [0, 0.1) is 17.0 Å². The zero-order chi connectivity index (χ0) is 12.7. The molecule has 0 bridgehead atoms. The molecule has 3 aromatic rings. The molecule has 0 radical (unpaired) electrons. The zero-order valence-corrected chi connectivity index (χ0v) is 10.2. The number of nitro benzene ring substituents is 1. The third-order valence-electron chi connectivity index (χ3n) is 2.52. The summed E-state index contributed by atoms with van der Waals surface area (Å²) >= 11 is 1.45. The molecule has 0 aliphatic heterocycles. The normalized spacial score (nSPS) is 10.9. The fourth-order valence-corrected chi connectivity index (χ4v) is 2.50. The van der Waals surface area contributed by atoms with Crippen LogP contribution < -0.4 is 0 Å². The Labute approximate surface area is 106 Å². The van der Waals surface area contributed by atoms with Gasteiger partial charge in [-0.15, -0.1) is 0 Å². The Hall–Kier alpha value is -2.28. The van der Waals surface area contributed by atoms with Gasteiger partial charge in [0.05, 0.1) is 22.4 Å². The van der Waals surface area contributed by atoms with Gasteiger partial charge in [-0.2, -0.15) is 5.10 Å². The van der Waals surface area contributed by atoms with E-state index in [0.717, 1.165) is 9.97 Å². The highest BCUT2D eigenvalue weighted by molar-refractivity contribution is 7.16. The van der Waals surface area contributed by atoms with Crippen molar-refractivity contribution in [2.24, 2.45) is 0 Å². The monoisotopic (exact) mass is 260 g/mol. The molecule has 0 saturated carbocycles. The molecule has 1 aromatic carbocycles. The predicted octanol–water partition coefficient (Wildman–Crippen LogP) is 2.67. The summed E-state index contributed by atoms with van der Waals surface area (Å²) < 4.78 is 1.64. The van der Waals surface area contributed by atoms with Crippen molar-refractivity contribution in [3.05, 3.63) is 45.6 Å². The zero-order valence-electron chi connectivity index (χ0n) is 9.40. The summed E-state index contributed by atoms with van der Waals surface area (Å²) in [5.41, 5.74) is 1.14. The standard InChI is InChI=1S/C11H8N4O2S/c1-7-13-14-6-9(12-11(14)18-7)8-4-2-3-5-10(8)15(16)17/h2-6H,1H3. The summed E-state index contributed by atoms with van der Waals surface area (Å²) in [7, 11) is 0. The van der Waals surface area contributed by atoms with Crippen molar-refractivity contribution < 1.29 is 4.92 Å². The molecule has 90 valence electrons. The molecule has 0 aliphatic carbocycles. The molecule has 0 fully saturated rings. The minimum Gasteiger partial charge on any atom is -0.258 e. The third-order valence-corrected chi connectivity index (χ3v) is 3.36. The summed E-state index contributed by atoms with van der Waals surface area (Å²) in [4.78, 5) is 15.7. The lowest BCUT2D eigenvalue weighted by molar-refractivity contribution is -0.384. The second-order valence-electron chi connectivity index (χ2n) is 3.75. The van der Waals surface area contributed by atoms with Crippen LogP contribution in [0.4, 0.5) is 5.69 Å². The van der Waals surface area contributed by atoms with Crippen LogP contribution in [0.5, 0.6) is 0 Å². The van der Waals surface area contributed by atoms with Crippen molar-refractivity contribution in [2.45, 2.75) is 6.92 Å². The molecule has 0 saturated heterocycles. The van der Waals surface area contributed by atoms with E-state index in [1.54, 1.807) is 28.9 Å². The number of rotatable bonds is 2. The van der Waals surface area contributed by atoms with Gasteiger partial charge in [-0.1, -0.05) is 23.5 Å². The maximum atomic E-state index is 11.0. The van der Waals surface area contributed by atoms with Crippen LogP contribution in [0.15, 0.2) is 30.5 Å². The van der Waals surface area contributed by atoms with Crippen LogP contribution in [0.25, 0.3) is 16.2 Å². The quantitative estimate of drug-likeness (QED) is 0.524. The van der Waals surface area contributed by atoms with Gasteiger partial charge in [0.2, 0.25) is 4.96 Å². The van der Waals surface area contributed by atoms with Gasteiger partial charge in [-0.25, -0.2) is 9.50 Å². The molecular weight excluding hydrogens is 252 g/mol. The van der Waals surface area contributed by atoms with Crippen molar-refractivity contribution in [1.29, 1.82) is 0 Å². The van der Waals surface area contributed by atoms with Gasteiger partial charge in [0.15, 0.2) is 0 Å². The highest BCUT2D eigenvalue weighted by Gasteiger charge is 2.17. The molecule has 2 heterocycles. The average molecular weight is 260 g/mol. The predicted molar refractivity (Wildman–Crippen MR) is 67.7 cm³/mol. The summed E-state index contributed by atoms with van der Waals surface area (Å²) in [5.74, 6) is 0. The molecule has 0 amide bonds. The number of aryl methyl sites for hydroxylation is 1. The first kappa shape index (κ1) is 10.8. The van der Waals surface area contributed by atoms with Crippen LogP contribution in [0.2, 0.25) is 0 Å². The Morgan fingerprint density at radius 2 is 2.17 bits per heavy atom. The Bertz CT molecular complexity index is 715. The fourth-order valence-electron chi connectivity index (χ4n) is 1.78. The first-order valence-electron chi connectivity index (χ1n) is 5.22. The van der Waals surface area contributed by atoms with E-state index in [1.165, 1.54) is 17.4 Å². The molecule has 0 aliphatic rings.